The molecule has 0 saturated carbocycles. The molecule has 0 fully saturated rings. The SMILES string of the molecule is CCOC(=O)C1=C(C)NC(=O)NC1c1ccc(OCC(=O)N/N=C\c2cc(C)n(-c3ccc(Cl)c(Cl)c3)c2C)c(OC)c1. The molecule has 0 radical (unpaired) electrons. The molecule has 2 heterocycles. The van der Waals surface area contributed by atoms with Crippen LogP contribution in [0.25, 0.3) is 5.69 Å². The number of carbonyl (C=O) groups is 3. The topological polar surface area (TPSA) is 132 Å². The highest BCUT2D eigenvalue weighted by Gasteiger charge is 2.32. The lowest BCUT2D eigenvalue weighted by Gasteiger charge is -2.28. The molecule has 2 aromatic carbocycles. The van der Waals surface area contributed by atoms with E-state index in [0.29, 0.717) is 27.1 Å². The zero-order valence-electron chi connectivity index (χ0n) is 24.2. The van der Waals surface area contributed by atoms with E-state index < -0.39 is 23.9 Å². The smallest absolute Gasteiger partial charge is 0.338 e. The third-order valence-electron chi connectivity index (χ3n) is 6.67. The molecular formula is C30H31Cl2N5O6. The van der Waals surface area contributed by atoms with Gasteiger partial charge in [-0.2, -0.15) is 5.10 Å². The zero-order chi connectivity index (χ0) is 31.3. The highest BCUT2D eigenvalue weighted by molar-refractivity contribution is 6.42. The van der Waals surface area contributed by atoms with Crippen LogP contribution in [0.15, 0.2) is 58.8 Å². The number of esters is 1. The summed E-state index contributed by atoms with van der Waals surface area (Å²) in [6, 6.07) is 11.0. The fraction of sp³-hybridized carbons (Fsp3) is 0.267. The van der Waals surface area contributed by atoms with Gasteiger partial charge in [0.05, 0.1) is 41.6 Å². The largest absolute Gasteiger partial charge is 0.493 e. The number of urea groups is 1. The van der Waals surface area contributed by atoms with Gasteiger partial charge in [-0.05, 0) is 69.7 Å². The van der Waals surface area contributed by atoms with Crippen molar-refractivity contribution < 1.29 is 28.6 Å². The van der Waals surface area contributed by atoms with Crippen molar-refractivity contribution in [2.75, 3.05) is 20.3 Å². The molecule has 0 spiro atoms. The Kier molecular flexibility index (Phi) is 9.99. The van der Waals surface area contributed by atoms with Gasteiger partial charge in [0.25, 0.3) is 5.91 Å². The summed E-state index contributed by atoms with van der Waals surface area (Å²) < 4.78 is 18.3. The van der Waals surface area contributed by atoms with Crippen molar-refractivity contribution in [2.24, 2.45) is 5.10 Å². The first kappa shape index (κ1) is 31.5. The molecule has 1 atom stereocenters. The molecule has 0 saturated heterocycles. The van der Waals surface area contributed by atoms with Crippen LogP contribution in [0.1, 0.15) is 42.4 Å². The third-order valence-corrected chi connectivity index (χ3v) is 7.41. The van der Waals surface area contributed by atoms with E-state index in [4.69, 9.17) is 37.4 Å². The zero-order valence-corrected chi connectivity index (χ0v) is 25.7. The third kappa shape index (κ3) is 7.12. The molecule has 0 bridgehead atoms. The van der Waals surface area contributed by atoms with E-state index >= 15 is 0 Å². The van der Waals surface area contributed by atoms with Crippen molar-refractivity contribution in [1.29, 1.82) is 0 Å². The fourth-order valence-electron chi connectivity index (χ4n) is 4.70. The first-order chi connectivity index (χ1) is 20.5. The van der Waals surface area contributed by atoms with Crippen molar-refractivity contribution in [2.45, 2.75) is 33.7 Å². The predicted octanol–water partition coefficient (Wildman–Crippen LogP) is 5.13. The fourth-order valence-corrected chi connectivity index (χ4v) is 4.99. The van der Waals surface area contributed by atoms with Gasteiger partial charge in [-0.25, -0.2) is 15.0 Å². The summed E-state index contributed by atoms with van der Waals surface area (Å²) >= 11 is 12.2. The van der Waals surface area contributed by atoms with Gasteiger partial charge in [-0.15, -0.1) is 0 Å². The second kappa shape index (κ2) is 13.7. The molecule has 3 amide bonds. The maximum Gasteiger partial charge on any atom is 0.338 e. The summed E-state index contributed by atoms with van der Waals surface area (Å²) in [5, 5.41) is 10.3. The molecule has 43 heavy (non-hydrogen) atoms. The first-order valence-corrected chi connectivity index (χ1v) is 14.0. The number of aryl methyl sites for hydroxylation is 1. The average Bonchev–Trinajstić information content (AvgIpc) is 3.25. The highest BCUT2D eigenvalue weighted by Crippen LogP contribution is 2.34. The van der Waals surface area contributed by atoms with E-state index in [9.17, 15) is 14.4 Å². The number of halogens is 2. The number of ether oxygens (including phenoxy) is 3. The monoisotopic (exact) mass is 627 g/mol. The number of nitrogens with zero attached hydrogens (tertiary/aromatic N) is 2. The number of hydrazone groups is 1. The van der Waals surface area contributed by atoms with Crippen LogP contribution in [0, 0.1) is 13.8 Å². The van der Waals surface area contributed by atoms with Crippen LogP contribution in [0.5, 0.6) is 11.5 Å². The molecule has 1 unspecified atom stereocenters. The maximum absolute atomic E-state index is 12.6. The van der Waals surface area contributed by atoms with Crippen LogP contribution in [-0.4, -0.2) is 49.0 Å². The van der Waals surface area contributed by atoms with Gasteiger partial charge in [-0.1, -0.05) is 29.3 Å². The number of amides is 3. The van der Waals surface area contributed by atoms with Crippen LogP contribution in [0.2, 0.25) is 10.0 Å². The quantitative estimate of drug-likeness (QED) is 0.162. The molecule has 1 aromatic heterocycles. The van der Waals surface area contributed by atoms with E-state index in [1.54, 1.807) is 50.4 Å². The van der Waals surface area contributed by atoms with E-state index in [-0.39, 0.29) is 24.5 Å². The van der Waals surface area contributed by atoms with Gasteiger partial charge in [0.15, 0.2) is 18.1 Å². The van der Waals surface area contributed by atoms with Gasteiger partial charge in [0, 0.05) is 28.3 Å². The number of hydrogen-bond acceptors (Lipinski definition) is 7. The molecule has 4 rings (SSSR count). The van der Waals surface area contributed by atoms with Gasteiger partial charge >= 0.3 is 12.0 Å². The van der Waals surface area contributed by atoms with Crippen LogP contribution < -0.4 is 25.5 Å². The first-order valence-electron chi connectivity index (χ1n) is 13.3. The van der Waals surface area contributed by atoms with Crippen molar-refractivity contribution in [3.8, 4) is 17.2 Å². The number of allylic oxidation sites excluding steroid dienone is 1. The average molecular weight is 629 g/mol. The Morgan fingerprint density at radius 2 is 1.84 bits per heavy atom. The van der Waals surface area contributed by atoms with Gasteiger partial charge < -0.3 is 29.4 Å². The van der Waals surface area contributed by atoms with E-state index in [1.807, 2.05) is 30.5 Å². The lowest BCUT2D eigenvalue weighted by molar-refractivity contribution is -0.139. The number of methoxy groups -OCH3 is 1. The molecule has 1 aliphatic rings. The summed E-state index contributed by atoms with van der Waals surface area (Å²) in [6.07, 6.45) is 1.55. The lowest BCUT2D eigenvalue weighted by Crippen LogP contribution is -2.45. The Labute approximate surface area is 258 Å². The number of rotatable bonds is 10. The van der Waals surface area contributed by atoms with E-state index in [1.165, 1.54) is 7.11 Å². The van der Waals surface area contributed by atoms with Gasteiger partial charge in [0.2, 0.25) is 0 Å². The molecule has 226 valence electrons. The Morgan fingerprint density at radius 3 is 2.53 bits per heavy atom. The molecule has 13 heteroatoms. The number of benzene rings is 2. The minimum atomic E-state index is -0.771. The lowest BCUT2D eigenvalue weighted by atomic mass is 9.95. The molecule has 1 aliphatic heterocycles. The van der Waals surface area contributed by atoms with Gasteiger partial charge in [-0.3, -0.25) is 4.79 Å². The van der Waals surface area contributed by atoms with Crippen molar-refractivity contribution >= 4 is 47.3 Å². The molecule has 3 aromatic rings. The normalized spacial score (nSPS) is 14.8. The van der Waals surface area contributed by atoms with Gasteiger partial charge in [0.1, 0.15) is 0 Å². The number of aromatic nitrogens is 1. The Balaban J connectivity index is 1.42. The maximum atomic E-state index is 12.6. The highest BCUT2D eigenvalue weighted by atomic mass is 35.5. The predicted molar refractivity (Wildman–Crippen MR) is 163 cm³/mol. The Hall–Kier alpha value is -4.48. The summed E-state index contributed by atoms with van der Waals surface area (Å²) in [6.45, 7) is 7.05. The minimum absolute atomic E-state index is 0.184. The van der Waals surface area contributed by atoms with Crippen LogP contribution in [-0.2, 0) is 14.3 Å². The summed E-state index contributed by atoms with van der Waals surface area (Å²) in [5.41, 5.74) is 7.19. The van der Waals surface area contributed by atoms with E-state index in [2.05, 4.69) is 21.2 Å². The Morgan fingerprint density at radius 1 is 1.07 bits per heavy atom. The van der Waals surface area contributed by atoms with Crippen LogP contribution in [0.3, 0.4) is 0 Å². The van der Waals surface area contributed by atoms with Crippen molar-refractivity contribution in [3.63, 3.8) is 0 Å². The number of nitrogens with one attached hydrogen (secondary N) is 3. The second-order valence-electron chi connectivity index (χ2n) is 9.54. The van der Waals surface area contributed by atoms with Crippen molar-refractivity contribution in [1.82, 2.24) is 20.6 Å². The molecular weight excluding hydrogens is 597 g/mol. The molecule has 0 aliphatic carbocycles. The number of carbonyl (C=O) groups excluding carboxylic acids is 3. The van der Waals surface area contributed by atoms with Crippen LogP contribution >= 0.6 is 23.2 Å². The molecule has 3 N–H and O–H groups in total. The van der Waals surface area contributed by atoms with E-state index in [0.717, 1.165) is 22.6 Å². The Bertz CT molecular complexity index is 1630. The summed E-state index contributed by atoms with van der Waals surface area (Å²) in [5.74, 6) is -0.453. The standard InChI is InChI=1S/C30H31Cl2N5O6/c1-6-42-29(39)27-17(3)34-30(40)35-28(27)19-7-10-24(25(12-19)41-5)43-15-26(38)36-33-14-20-11-16(2)37(18(20)4)21-8-9-22(31)23(32)13-21/h7-14,28H,6,15H2,1-5H3,(H,36,38)(H2,34,35,40)/b33-14-. The summed E-state index contributed by atoms with van der Waals surface area (Å²) in [4.78, 5) is 37.2. The van der Waals surface area contributed by atoms with Crippen molar-refractivity contribution in [3.05, 3.63) is 86.3 Å². The minimum Gasteiger partial charge on any atom is -0.493 e. The number of hydrogen-bond donors (Lipinski definition) is 3. The molecule has 11 nitrogen and oxygen atoms in total. The van der Waals surface area contributed by atoms with Crippen LogP contribution in [0.4, 0.5) is 4.79 Å². The summed E-state index contributed by atoms with van der Waals surface area (Å²) in [7, 11) is 1.44. The second-order valence-corrected chi connectivity index (χ2v) is 10.4.